The summed E-state index contributed by atoms with van der Waals surface area (Å²) in [5, 5.41) is 8.95. The predicted octanol–water partition coefficient (Wildman–Crippen LogP) is 2.10. The van der Waals surface area contributed by atoms with Crippen LogP contribution in [0.4, 0.5) is 5.69 Å². The number of hydrogen-bond acceptors (Lipinski definition) is 4. The van der Waals surface area contributed by atoms with Gasteiger partial charge in [0.05, 0.1) is 25.0 Å². The Kier molecular flexibility index (Phi) is 3.66. The number of unbranched alkanes of at least 4 members (excludes halogenated alkanes) is 1. The highest BCUT2D eigenvalue weighted by Crippen LogP contribution is 2.46. The number of nitrogens with zero attached hydrogens (tertiary/aromatic N) is 2. The van der Waals surface area contributed by atoms with Crippen molar-refractivity contribution in [2.24, 2.45) is 0 Å². The molecule has 3 rings (SSSR count). The average Bonchev–Trinajstić information content (AvgIpc) is 3.07. The molecule has 2 heterocycles. The highest BCUT2D eigenvalue weighted by molar-refractivity contribution is 6.06. The Morgan fingerprint density at radius 2 is 2.14 bits per heavy atom. The molecule has 0 aromatic heterocycles. The molecule has 0 saturated carbocycles. The normalized spacial score (nSPS) is 19.0. The molecule has 1 spiro atoms. The first kappa shape index (κ1) is 14.1. The van der Waals surface area contributed by atoms with Gasteiger partial charge in [0.2, 0.25) is 0 Å². The number of carbonyl (C=O) groups excluding carboxylic acids is 1. The molecule has 5 nitrogen and oxygen atoms in total. The molecule has 0 unspecified atom stereocenters. The van der Waals surface area contributed by atoms with E-state index < -0.39 is 5.79 Å². The first-order valence-electron chi connectivity index (χ1n) is 7.33. The molecule has 2 aliphatic heterocycles. The largest absolute Gasteiger partial charge is 0.336 e. The van der Waals surface area contributed by atoms with Crippen LogP contribution in [0.5, 0.6) is 0 Å². The Labute approximate surface area is 124 Å². The number of ether oxygens (including phenoxy) is 2. The number of aryl methyl sites for hydroxylation is 1. The lowest BCUT2D eigenvalue weighted by Gasteiger charge is -2.20. The van der Waals surface area contributed by atoms with Crippen molar-refractivity contribution < 1.29 is 14.3 Å². The molecule has 0 aliphatic carbocycles. The van der Waals surface area contributed by atoms with Gasteiger partial charge in [-0.15, -0.1) is 0 Å². The van der Waals surface area contributed by atoms with Gasteiger partial charge in [0.25, 0.3) is 11.7 Å². The molecule has 1 aromatic rings. The standard InChI is InChI=1S/C16H18N2O3/c1-2-3-4-12-5-6-14-13(11-12)16(20-9-10-21-16)15(19)18(14)8-7-17/h5-6,11H,2-4,8-10H2,1H3. The number of amides is 1. The van der Waals surface area contributed by atoms with Crippen molar-refractivity contribution in [3.63, 3.8) is 0 Å². The van der Waals surface area contributed by atoms with Gasteiger partial charge in [-0.1, -0.05) is 19.4 Å². The quantitative estimate of drug-likeness (QED) is 0.795. The van der Waals surface area contributed by atoms with Crippen molar-refractivity contribution in [3.8, 4) is 6.07 Å². The van der Waals surface area contributed by atoms with Gasteiger partial charge >= 0.3 is 0 Å². The van der Waals surface area contributed by atoms with Crippen LogP contribution < -0.4 is 4.90 Å². The third kappa shape index (κ3) is 2.11. The van der Waals surface area contributed by atoms with Gasteiger partial charge in [0, 0.05) is 5.56 Å². The van der Waals surface area contributed by atoms with Crippen molar-refractivity contribution in [1.82, 2.24) is 0 Å². The fourth-order valence-electron chi connectivity index (χ4n) is 2.94. The second-order valence-corrected chi connectivity index (χ2v) is 5.32. The van der Waals surface area contributed by atoms with Crippen molar-refractivity contribution in [1.29, 1.82) is 5.26 Å². The number of carbonyl (C=O) groups is 1. The summed E-state index contributed by atoms with van der Waals surface area (Å²) in [6.07, 6.45) is 3.18. The number of hydrogen-bond donors (Lipinski definition) is 0. The molecule has 0 atom stereocenters. The van der Waals surface area contributed by atoms with Crippen LogP contribution >= 0.6 is 0 Å². The zero-order valence-electron chi connectivity index (χ0n) is 12.1. The van der Waals surface area contributed by atoms with Crippen LogP contribution in [0.1, 0.15) is 30.9 Å². The summed E-state index contributed by atoms with van der Waals surface area (Å²) in [7, 11) is 0. The Balaban J connectivity index is 2.04. The second-order valence-electron chi connectivity index (χ2n) is 5.32. The molecular weight excluding hydrogens is 268 g/mol. The van der Waals surface area contributed by atoms with Gasteiger partial charge < -0.3 is 9.47 Å². The van der Waals surface area contributed by atoms with Gasteiger partial charge in [-0.3, -0.25) is 9.69 Å². The van der Waals surface area contributed by atoms with Crippen molar-refractivity contribution in [2.75, 3.05) is 24.7 Å². The molecule has 2 aliphatic rings. The maximum atomic E-state index is 12.6. The van der Waals surface area contributed by atoms with E-state index in [1.54, 1.807) is 0 Å². The predicted molar refractivity (Wildman–Crippen MR) is 76.6 cm³/mol. The second kappa shape index (κ2) is 5.47. The monoisotopic (exact) mass is 286 g/mol. The van der Waals surface area contributed by atoms with Crippen LogP contribution in [0.3, 0.4) is 0 Å². The molecule has 0 N–H and O–H groups in total. The fraction of sp³-hybridized carbons (Fsp3) is 0.500. The lowest BCUT2D eigenvalue weighted by atomic mass is 10.0. The molecule has 1 aromatic carbocycles. The lowest BCUT2D eigenvalue weighted by Crippen LogP contribution is -2.41. The molecule has 21 heavy (non-hydrogen) atoms. The van der Waals surface area contributed by atoms with Crippen LogP contribution in [-0.4, -0.2) is 25.7 Å². The number of fused-ring (bicyclic) bond motifs is 2. The minimum Gasteiger partial charge on any atom is -0.336 e. The van der Waals surface area contributed by atoms with Crippen LogP contribution in [0, 0.1) is 11.3 Å². The third-order valence-corrected chi connectivity index (χ3v) is 3.97. The third-order valence-electron chi connectivity index (χ3n) is 3.97. The van der Waals surface area contributed by atoms with Crippen molar-refractivity contribution >= 4 is 11.6 Å². The van der Waals surface area contributed by atoms with E-state index in [4.69, 9.17) is 14.7 Å². The Hall–Kier alpha value is -1.90. The van der Waals surface area contributed by atoms with Gasteiger partial charge in [-0.2, -0.15) is 5.26 Å². The van der Waals surface area contributed by atoms with E-state index in [9.17, 15) is 4.79 Å². The van der Waals surface area contributed by atoms with E-state index in [-0.39, 0.29) is 12.5 Å². The van der Waals surface area contributed by atoms with Crippen LogP contribution in [0.2, 0.25) is 0 Å². The highest BCUT2D eigenvalue weighted by Gasteiger charge is 2.56. The van der Waals surface area contributed by atoms with E-state index in [1.165, 1.54) is 10.5 Å². The van der Waals surface area contributed by atoms with Gasteiger partial charge in [0.1, 0.15) is 6.54 Å². The van der Waals surface area contributed by atoms with Crippen LogP contribution in [-0.2, 0) is 26.5 Å². The summed E-state index contributed by atoms with van der Waals surface area (Å²) in [6.45, 7) is 2.94. The maximum Gasteiger partial charge on any atom is 0.293 e. The molecule has 5 heteroatoms. The Morgan fingerprint density at radius 1 is 1.38 bits per heavy atom. The molecular formula is C16H18N2O3. The topological polar surface area (TPSA) is 62.6 Å². The van der Waals surface area contributed by atoms with E-state index >= 15 is 0 Å². The van der Waals surface area contributed by atoms with Crippen molar-refractivity contribution in [3.05, 3.63) is 29.3 Å². The number of anilines is 1. The Morgan fingerprint density at radius 3 is 2.81 bits per heavy atom. The van der Waals surface area contributed by atoms with E-state index in [2.05, 4.69) is 6.92 Å². The number of rotatable bonds is 4. The summed E-state index contributed by atoms with van der Waals surface area (Å²) < 4.78 is 11.3. The summed E-state index contributed by atoms with van der Waals surface area (Å²) >= 11 is 0. The lowest BCUT2D eigenvalue weighted by molar-refractivity contribution is -0.180. The summed E-state index contributed by atoms with van der Waals surface area (Å²) in [5.41, 5.74) is 2.64. The smallest absolute Gasteiger partial charge is 0.293 e. The average molecular weight is 286 g/mol. The molecule has 1 fully saturated rings. The van der Waals surface area contributed by atoms with Gasteiger partial charge in [0.15, 0.2) is 0 Å². The van der Waals surface area contributed by atoms with Crippen molar-refractivity contribution in [2.45, 2.75) is 32.0 Å². The minimum atomic E-state index is -1.32. The van der Waals surface area contributed by atoms with E-state index in [0.29, 0.717) is 13.2 Å². The van der Waals surface area contributed by atoms with E-state index in [0.717, 1.165) is 30.5 Å². The Bertz CT molecular complexity index is 600. The maximum absolute atomic E-state index is 12.6. The SMILES string of the molecule is CCCCc1ccc2c(c1)C1(OCCO1)C(=O)N2CC#N. The van der Waals surface area contributed by atoms with Gasteiger partial charge in [-0.05, 0) is 30.5 Å². The first-order valence-corrected chi connectivity index (χ1v) is 7.33. The van der Waals surface area contributed by atoms with Crippen LogP contribution in [0.15, 0.2) is 18.2 Å². The molecule has 0 bridgehead atoms. The van der Waals surface area contributed by atoms with Crippen LogP contribution in [0.25, 0.3) is 0 Å². The zero-order valence-corrected chi connectivity index (χ0v) is 12.1. The summed E-state index contributed by atoms with van der Waals surface area (Å²) in [4.78, 5) is 14.1. The number of benzene rings is 1. The van der Waals surface area contributed by atoms with E-state index in [1.807, 2.05) is 24.3 Å². The minimum absolute atomic E-state index is 0.00854. The molecule has 0 radical (unpaired) electrons. The highest BCUT2D eigenvalue weighted by atomic mass is 16.7. The number of nitriles is 1. The molecule has 1 amide bonds. The molecule has 110 valence electrons. The first-order chi connectivity index (χ1) is 10.2. The van der Waals surface area contributed by atoms with Gasteiger partial charge in [-0.25, -0.2) is 0 Å². The summed E-state index contributed by atoms with van der Waals surface area (Å²) in [5.74, 6) is -1.61. The molecule has 1 saturated heterocycles. The fourth-order valence-corrected chi connectivity index (χ4v) is 2.94. The zero-order chi connectivity index (χ0) is 14.9. The summed E-state index contributed by atoms with van der Waals surface area (Å²) in [6, 6.07) is 7.93.